The molecule has 2 aromatic heterocycles. The lowest BCUT2D eigenvalue weighted by atomic mass is 10.1. The molecule has 1 aliphatic heterocycles. The fourth-order valence-electron chi connectivity index (χ4n) is 2.74. The maximum atomic E-state index is 11.8. The normalized spacial score (nSPS) is 23.7. The number of nitrogens with zero attached hydrogens (tertiary/aromatic N) is 4. The Morgan fingerprint density at radius 3 is 2.69 bits per heavy atom. The molecule has 3 rings (SSSR count). The van der Waals surface area contributed by atoms with Gasteiger partial charge in [-0.1, -0.05) is 25.3 Å². The van der Waals surface area contributed by atoms with Crippen LogP contribution in [0.1, 0.15) is 6.23 Å². The average Bonchev–Trinajstić information content (AvgIpc) is 3.25. The third kappa shape index (κ3) is 4.19. The number of aromatic nitrogens is 4. The summed E-state index contributed by atoms with van der Waals surface area (Å²) in [5.41, 5.74) is 0.391. The van der Waals surface area contributed by atoms with Gasteiger partial charge >= 0.3 is 6.09 Å². The van der Waals surface area contributed by atoms with Crippen molar-refractivity contribution in [2.24, 2.45) is 0 Å². The van der Waals surface area contributed by atoms with Gasteiger partial charge in [0.25, 0.3) is 0 Å². The van der Waals surface area contributed by atoms with Crippen molar-refractivity contribution in [3.63, 3.8) is 0 Å². The predicted octanol–water partition coefficient (Wildman–Crippen LogP) is -0.263. The Labute approximate surface area is 165 Å². The van der Waals surface area contributed by atoms with Crippen LogP contribution in [-0.4, -0.2) is 79.1 Å². The zero-order valence-corrected chi connectivity index (χ0v) is 15.3. The molecule has 3 heterocycles. The number of hydrogen-bond donors (Lipinski definition) is 4. The molecule has 0 bridgehead atoms. The van der Waals surface area contributed by atoms with Gasteiger partial charge in [-0.05, 0) is 0 Å². The SMILES string of the molecule is C=CCOC(=O)Nc1nc(OCC=C)c2ncn([C@@H]3O[C@H](CO)[C@@H](O)[C@H]3O)c2n1. The molecule has 12 nitrogen and oxygen atoms in total. The zero-order chi connectivity index (χ0) is 21.0. The molecular weight excluding hydrogens is 386 g/mol. The van der Waals surface area contributed by atoms with Crippen molar-refractivity contribution in [3.8, 4) is 5.88 Å². The average molecular weight is 407 g/mol. The lowest BCUT2D eigenvalue weighted by Crippen LogP contribution is -2.33. The summed E-state index contributed by atoms with van der Waals surface area (Å²) in [5, 5.41) is 32.0. The molecular formula is C17H21N5O7. The number of aliphatic hydroxyl groups is 3. The maximum absolute atomic E-state index is 11.8. The van der Waals surface area contributed by atoms with E-state index in [0.29, 0.717) is 0 Å². The Hall–Kier alpha value is -3.06. The highest BCUT2D eigenvalue weighted by atomic mass is 16.6. The number of nitrogens with one attached hydrogen (secondary N) is 1. The highest BCUT2D eigenvalue weighted by molar-refractivity contribution is 5.85. The number of hydrogen-bond acceptors (Lipinski definition) is 10. The molecule has 1 saturated heterocycles. The van der Waals surface area contributed by atoms with Gasteiger partial charge in [-0.3, -0.25) is 9.88 Å². The fourth-order valence-corrected chi connectivity index (χ4v) is 2.74. The van der Waals surface area contributed by atoms with E-state index in [1.54, 1.807) is 0 Å². The summed E-state index contributed by atoms with van der Waals surface area (Å²) in [6.07, 6.45) is -1.27. The van der Waals surface area contributed by atoms with Crippen LogP contribution in [0.3, 0.4) is 0 Å². The van der Waals surface area contributed by atoms with Crippen molar-refractivity contribution in [3.05, 3.63) is 31.6 Å². The van der Waals surface area contributed by atoms with Crippen LogP contribution in [0.5, 0.6) is 5.88 Å². The Kier molecular flexibility index (Phi) is 6.39. The van der Waals surface area contributed by atoms with E-state index in [1.807, 2.05) is 0 Å². The molecule has 4 N–H and O–H groups in total. The second-order valence-electron chi connectivity index (χ2n) is 6.02. The Morgan fingerprint density at radius 1 is 1.28 bits per heavy atom. The van der Waals surface area contributed by atoms with E-state index in [4.69, 9.17) is 14.2 Å². The van der Waals surface area contributed by atoms with Gasteiger partial charge in [-0.25, -0.2) is 9.78 Å². The minimum atomic E-state index is -1.34. The predicted molar refractivity (Wildman–Crippen MR) is 99.2 cm³/mol. The molecule has 0 radical (unpaired) electrons. The molecule has 156 valence electrons. The van der Waals surface area contributed by atoms with Crippen LogP contribution in [-0.2, 0) is 9.47 Å². The van der Waals surface area contributed by atoms with Gasteiger partial charge in [0.2, 0.25) is 11.8 Å². The van der Waals surface area contributed by atoms with E-state index in [0.717, 1.165) is 0 Å². The second kappa shape index (κ2) is 8.96. The first-order valence-electron chi connectivity index (χ1n) is 8.65. The van der Waals surface area contributed by atoms with Gasteiger partial charge in [0, 0.05) is 0 Å². The van der Waals surface area contributed by atoms with Crippen LogP contribution >= 0.6 is 0 Å². The van der Waals surface area contributed by atoms with Crippen LogP contribution in [0, 0.1) is 0 Å². The minimum absolute atomic E-state index is 0.00558. The third-order valence-corrected chi connectivity index (χ3v) is 4.06. The molecule has 1 fully saturated rings. The third-order valence-electron chi connectivity index (χ3n) is 4.06. The van der Waals surface area contributed by atoms with Gasteiger partial charge in [0.05, 0.1) is 12.9 Å². The molecule has 1 amide bonds. The van der Waals surface area contributed by atoms with Crippen LogP contribution in [0.4, 0.5) is 10.7 Å². The van der Waals surface area contributed by atoms with Gasteiger partial charge in [0.1, 0.15) is 31.5 Å². The van der Waals surface area contributed by atoms with E-state index in [-0.39, 0.29) is 36.2 Å². The molecule has 1 aliphatic rings. The molecule has 12 heteroatoms. The summed E-state index contributed by atoms with van der Waals surface area (Å²) in [5.74, 6) is -0.0847. The number of aliphatic hydroxyl groups excluding tert-OH is 3. The molecule has 0 aromatic carbocycles. The standard InChI is InChI=1S/C17H21N5O7/c1-3-5-27-14-10-13(19-16(20-14)21-17(26)28-6-4-2)22(8-18-10)15-12(25)11(24)9(7-23)29-15/h3-4,8-9,11-12,15,23-25H,1-2,5-7H2,(H,19,20,21,26)/t9-,11-,12-,15-/m1/s1. The molecule has 29 heavy (non-hydrogen) atoms. The zero-order valence-electron chi connectivity index (χ0n) is 15.3. The summed E-state index contributed by atoms with van der Waals surface area (Å²) >= 11 is 0. The van der Waals surface area contributed by atoms with Crippen LogP contribution < -0.4 is 10.1 Å². The largest absolute Gasteiger partial charge is 0.472 e. The summed E-state index contributed by atoms with van der Waals surface area (Å²) in [4.78, 5) is 24.3. The molecule has 2 aromatic rings. The number of carbonyl (C=O) groups excluding carboxylic acids is 1. The number of imidazole rings is 1. The van der Waals surface area contributed by atoms with E-state index in [1.165, 1.54) is 23.0 Å². The first-order valence-corrected chi connectivity index (χ1v) is 8.65. The Morgan fingerprint density at radius 2 is 2.03 bits per heavy atom. The highest BCUT2D eigenvalue weighted by Crippen LogP contribution is 2.33. The van der Waals surface area contributed by atoms with Crippen molar-refractivity contribution in [1.82, 2.24) is 19.5 Å². The summed E-state index contributed by atoms with van der Waals surface area (Å²) in [7, 11) is 0. The maximum Gasteiger partial charge on any atom is 0.414 e. The molecule has 0 saturated carbocycles. The Bertz CT molecular complexity index is 902. The van der Waals surface area contributed by atoms with E-state index < -0.39 is 37.2 Å². The highest BCUT2D eigenvalue weighted by Gasteiger charge is 2.44. The lowest BCUT2D eigenvalue weighted by molar-refractivity contribution is -0.0511. The van der Waals surface area contributed by atoms with Gasteiger partial charge in [0.15, 0.2) is 17.4 Å². The van der Waals surface area contributed by atoms with Crippen LogP contribution in [0.15, 0.2) is 31.6 Å². The topological polar surface area (TPSA) is 161 Å². The minimum Gasteiger partial charge on any atom is -0.472 e. The Balaban J connectivity index is 1.99. The van der Waals surface area contributed by atoms with E-state index >= 15 is 0 Å². The monoisotopic (exact) mass is 407 g/mol. The first kappa shape index (κ1) is 20.7. The quantitative estimate of drug-likeness (QED) is 0.429. The number of fused-ring (bicyclic) bond motifs is 1. The van der Waals surface area contributed by atoms with Crippen LogP contribution in [0.25, 0.3) is 11.2 Å². The number of carbonyl (C=O) groups is 1. The van der Waals surface area contributed by atoms with Crippen molar-refractivity contribution in [2.75, 3.05) is 25.1 Å². The van der Waals surface area contributed by atoms with Gasteiger partial charge in [-0.15, -0.1) is 0 Å². The summed E-state index contributed by atoms with van der Waals surface area (Å²) < 4.78 is 17.2. The summed E-state index contributed by atoms with van der Waals surface area (Å²) in [6.45, 7) is 6.65. The molecule has 0 spiro atoms. The molecule has 0 unspecified atom stereocenters. The van der Waals surface area contributed by atoms with Crippen molar-refractivity contribution >= 4 is 23.2 Å². The van der Waals surface area contributed by atoms with Crippen molar-refractivity contribution in [2.45, 2.75) is 24.5 Å². The molecule has 0 aliphatic carbocycles. The van der Waals surface area contributed by atoms with Crippen LogP contribution in [0.2, 0.25) is 0 Å². The fraction of sp³-hybridized carbons (Fsp3) is 0.412. The van der Waals surface area contributed by atoms with Gasteiger partial charge < -0.3 is 29.5 Å². The van der Waals surface area contributed by atoms with E-state index in [2.05, 4.69) is 33.4 Å². The van der Waals surface area contributed by atoms with Crippen molar-refractivity contribution < 1.29 is 34.3 Å². The number of rotatable bonds is 8. The number of ether oxygens (including phenoxy) is 3. The molecule has 4 atom stereocenters. The second-order valence-corrected chi connectivity index (χ2v) is 6.02. The van der Waals surface area contributed by atoms with Gasteiger partial charge in [-0.2, -0.15) is 9.97 Å². The number of anilines is 1. The van der Waals surface area contributed by atoms with E-state index in [9.17, 15) is 20.1 Å². The smallest absolute Gasteiger partial charge is 0.414 e. The first-order chi connectivity index (χ1) is 14.0. The van der Waals surface area contributed by atoms with Crippen molar-refractivity contribution in [1.29, 1.82) is 0 Å². The number of amides is 1. The summed E-state index contributed by atoms with van der Waals surface area (Å²) in [6, 6.07) is 0. The lowest BCUT2D eigenvalue weighted by Gasteiger charge is -2.17.